The molecule has 1 aromatic heterocycles. The number of methoxy groups -OCH3 is 1. The van der Waals surface area contributed by atoms with Gasteiger partial charge in [0.25, 0.3) is 0 Å². The van der Waals surface area contributed by atoms with Crippen molar-refractivity contribution in [1.29, 1.82) is 0 Å². The summed E-state index contributed by atoms with van der Waals surface area (Å²) in [5.41, 5.74) is 0.615. The number of ether oxygens (including phenoxy) is 1. The SMILES string of the molecule is CCn1ncc(OC)c1C(=O)C1CCCNC1. The van der Waals surface area contributed by atoms with E-state index in [9.17, 15) is 4.79 Å². The van der Waals surface area contributed by atoms with E-state index in [1.165, 1.54) is 0 Å². The van der Waals surface area contributed by atoms with Crippen molar-refractivity contribution >= 4 is 5.78 Å². The monoisotopic (exact) mass is 237 g/mol. The Morgan fingerprint density at radius 2 is 2.53 bits per heavy atom. The molecule has 1 atom stereocenters. The molecule has 0 bridgehead atoms. The molecule has 0 spiro atoms. The van der Waals surface area contributed by atoms with E-state index in [1.807, 2.05) is 6.92 Å². The average molecular weight is 237 g/mol. The molecule has 1 saturated heterocycles. The van der Waals surface area contributed by atoms with E-state index in [0.29, 0.717) is 18.0 Å². The molecule has 1 aliphatic rings. The van der Waals surface area contributed by atoms with Crippen LogP contribution in [0.15, 0.2) is 6.20 Å². The molecule has 0 aromatic carbocycles. The van der Waals surface area contributed by atoms with E-state index in [-0.39, 0.29) is 11.7 Å². The second-order valence-corrected chi connectivity index (χ2v) is 4.28. The van der Waals surface area contributed by atoms with Gasteiger partial charge in [0.2, 0.25) is 0 Å². The van der Waals surface area contributed by atoms with Gasteiger partial charge in [-0.1, -0.05) is 0 Å². The van der Waals surface area contributed by atoms with E-state index in [0.717, 1.165) is 25.9 Å². The van der Waals surface area contributed by atoms with Gasteiger partial charge in [-0.2, -0.15) is 5.10 Å². The van der Waals surface area contributed by atoms with Crippen LogP contribution in [0.3, 0.4) is 0 Å². The first kappa shape index (κ1) is 12.1. The van der Waals surface area contributed by atoms with E-state index in [1.54, 1.807) is 18.0 Å². The lowest BCUT2D eigenvalue weighted by atomic mass is 9.93. The Morgan fingerprint density at radius 1 is 1.71 bits per heavy atom. The molecule has 1 fully saturated rings. The third-order valence-electron chi connectivity index (χ3n) is 3.23. The molecule has 5 heteroatoms. The van der Waals surface area contributed by atoms with E-state index >= 15 is 0 Å². The Kier molecular flexibility index (Phi) is 3.78. The van der Waals surface area contributed by atoms with Gasteiger partial charge in [0.15, 0.2) is 11.5 Å². The van der Waals surface area contributed by atoms with Gasteiger partial charge >= 0.3 is 0 Å². The minimum Gasteiger partial charge on any atom is -0.493 e. The van der Waals surface area contributed by atoms with Crippen LogP contribution in [0, 0.1) is 5.92 Å². The summed E-state index contributed by atoms with van der Waals surface area (Å²) in [6.45, 7) is 4.43. The van der Waals surface area contributed by atoms with Crippen LogP contribution in [0.1, 0.15) is 30.3 Å². The summed E-state index contributed by atoms with van der Waals surface area (Å²) in [6, 6.07) is 0. The Balaban J connectivity index is 2.24. The van der Waals surface area contributed by atoms with Crippen molar-refractivity contribution in [3.05, 3.63) is 11.9 Å². The number of Topliss-reactive ketones (excluding diaryl/α,β-unsaturated/α-hetero) is 1. The number of aryl methyl sites for hydroxylation is 1. The zero-order valence-electron chi connectivity index (χ0n) is 10.4. The van der Waals surface area contributed by atoms with Crippen molar-refractivity contribution in [2.45, 2.75) is 26.3 Å². The minimum absolute atomic E-state index is 0.0552. The number of nitrogens with one attached hydrogen (secondary N) is 1. The Bertz CT molecular complexity index is 373. The maximum Gasteiger partial charge on any atom is 0.189 e. The lowest BCUT2D eigenvalue weighted by Gasteiger charge is -2.21. The molecule has 1 N–H and O–H groups in total. The maximum atomic E-state index is 12.4. The van der Waals surface area contributed by atoms with Crippen molar-refractivity contribution in [3.8, 4) is 5.75 Å². The normalized spacial score (nSPS) is 20.2. The zero-order chi connectivity index (χ0) is 12.3. The van der Waals surface area contributed by atoms with Crippen LogP contribution >= 0.6 is 0 Å². The summed E-state index contributed by atoms with van der Waals surface area (Å²) in [7, 11) is 1.58. The highest BCUT2D eigenvalue weighted by Gasteiger charge is 2.27. The van der Waals surface area contributed by atoms with Crippen LogP contribution < -0.4 is 10.1 Å². The van der Waals surface area contributed by atoms with Crippen LogP contribution in [-0.2, 0) is 6.54 Å². The van der Waals surface area contributed by atoms with Gasteiger partial charge in [0.05, 0.1) is 13.3 Å². The van der Waals surface area contributed by atoms with Gasteiger partial charge in [-0.3, -0.25) is 9.48 Å². The first-order valence-electron chi connectivity index (χ1n) is 6.12. The number of nitrogens with zero attached hydrogens (tertiary/aromatic N) is 2. The summed E-state index contributed by atoms with van der Waals surface area (Å²) in [6.07, 6.45) is 3.62. The molecule has 5 nitrogen and oxygen atoms in total. The molecular formula is C12H19N3O2. The number of ketones is 1. The molecule has 2 heterocycles. The highest BCUT2D eigenvalue weighted by atomic mass is 16.5. The molecule has 94 valence electrons. The molecular weight excluding hydrogens is 218 g/mol. The zero-order valence-corrected chi connectivity index (χ0v) is 10.4. The Hall–Kier alpha value is -1.36. The van der Waals surface area contributed by atoms with Crippen molar-refractivity contribution in [2.24, 2.45) is 5.92 Å². The number of carbonyl (C=O) groups excluding carboxylic acids is 1. The number of aromatic nitrogens is 2. The van der Waals surface area contributed by atoms with Crippen molar-refractivity contribution < 1.29 is 9.53 Å². The van der Waals surface area contributed by atoms with Crippen molar-refractivity contribution in [3.63, 3.8) is 0 Å². The van der Waals surface area contributed by atoms with Crippen molar-refractivity contribution in [2.75, 3.05) is 20.2 Å². The summed E-state index contributed by atoms with van der Waals surface area (Å²) < 4.78 is 6.93. The Labute approximate surface area is 101 Å². The topological polar surface area (TPSA) is 56.2 Å². The van der Waals surface area contributed by atoms with Crippen LogP contribution in [0.4, 0.5) is 0 Å². The first-order valence-corrected chi connectivity index (χ1v) is 6.12. The van der Waals surface area contributed by atoms with Gasteiger partial charge in [-0.25, -0.2) is 0 Å². The number of rotatable bonds is 4. The van der Waals surface area contributed by atoms with Crippen LogP contribution in [0.5, 0.6) is 5.75 Å². The predicted molar refractivity (Wildman–Crippen MR) is 64.4 cm³/mol. The minimum atomic E-state index is 0.0552. The van der Waals surface area contributed by atoms with E-state index in [2.05, 4.69) is 10.4 Å². The smallest absolute Gasteiger partial charge is 0.189 e. The molecule has 1 aromatic rings. The third-order valence-corrected chi connectivity index (χ3v) is 3.23. The fraction of sp³-hybridized carbons (Fsp3) is 0.667. The van der Waals surface area contributed by atoms with Crippen LogP contribution in [-0.4, -0.2) is 35.8 Å². The summed E-state index contributed by atoms with van der Waals surface area (Å²) in [5.74, 6) is 0.787. The highest BCUT2D eigenvalue weighted by Crippen LogP contribution is 2.24. The largest absolute Gasteiger partial charge is 0.493 e. The quantitative estimate of drug-likeness (QED) is 0.797. The highest BCUT2D eigenvalue weighted by molar-refractivity contribution is 5.98. The van der Waals surface area contributed by atoms with Gasteiger partial charge in [-0.15, -0.1) is 0 Å². The summed E-state index contributed by atoms with van der Waals surface area (Å²) in [4.78, 5) is 12.4. The lowest BCUT2D eigenvalue weighted by molar-refractivity contribution is 0.0885. The fourth-order valence-electron chi connectivity index (χ4n) is 2.27. The van der Waals surface area contributed by atoms with Gasteiger partial charge in [0, 0.05) is 19.0 Å². The number of hydrogen-bond donors (Lipinski definition) is 1. The number of piperidine rings is 1. The van der Waals surface area contributed by atoms with E-state index < -0.39 is 0 Å². The molecule has 2 rings (SSSR count). The number of carbonyl (C=O) groups is 1. The molecule has 0 amide bonds. The maximum absolute atomic E-state index is 12.4. The summed E-state index contributed by atoms with van der Waals surface area (Å²) in [5, 5.41) is 7.43. The molecule has 0 radical (unpaired) electrons. The van der Waals surface area contributed by atoms with Gasteiger partial charge in [0.1, 0.15) is 5.69 Å². The standard InChI is InChI=1S/C12H19N3O2/c1-3-15-11(10(17-2)8-14-15)12(16)9-5-4-6-13-7-9/h8-9,13H,3-7H2,1-2H3. The van der Waals surface area contributed by atoms with E-state index in [4.69, 9.17) is 4.74 Å². The predicted octanol–water partition coefficient (Wildman–Crippen LogP) is 1.09. The van der Waals surface area contributed by atoms with Gasteiger partial charge in [-0.05, 0) is 26.3 Å². The average Bonchev–Trinajstić information content (AvgIpc) is 2.81. The first-order chi connectivity index (χ1) is 8.27. The Morgan fingerprint density at radius 3 is 3.12 bits per heavy atom. The third kappa shape index (κ3) is 2.34. The molecule has 0 saturated carbocycles. The lowest BCUT2D eigenvalue weighted by Crippen LogP contribution is -2.35. The fourth-order valence-corrected chi connectivity index (χ4v) is 2.27. The molecule has 1 unspecified atom stereocenters. The summed E-state index contributed by atoms with van der Waals surface area (Å²) >= 11 is 0. The van der Waals surface area contributed by atoms with Gasteiger partial charge < -0.3 is 10.1 Å². The molecule has 1 aliphatic heterocycles. The second kappa shape index (κ2) is 5.31. The van der Waals surface area contributed by atoms with Crippen molar-refractivity contribution in [1.82, 2.24) is 15.1 Å². The number of hydrogen-bond acceptors (Lipinski definition) is 4. The van der Waals surface area contributed by atoms with Crippen LogP contribution in [0.2, 0.25) is 0 Å². The molecule has 0 aliphatic carbocycles. The molecule has 17 heavy (non-hydrogen) atoms. The van der Waals surface area contributed by atoms with Crippen LogP contribution in [0.25, 0.3) is 0 Å². The second-order valence-electron chi connectivity index (χ2n) is 4.28.